The highest BCUT2D eigenvalue weighted by Crippen LogP contribution is 2.17. The van der Waals surface area contributed by atoms with Gasteiger partial charge in [-0.1, -0.05) is 44.2 Å². The van der Waals surface area contributed by atoms with E-state index in [4.69, 9.17) is 0 Å². The molecule has 0 aliphatic rings. The van der Waals surface area contributed by atoms with Gasteiger partial charge in [-0.25, -0.2) is 0 Å². The molecule has 124 valence electrons. The van der Waals surface area contributed by atoms with Crippen molar-refractivity contribution >= 4 is 5.91 Å². The van der Waals surface area contributed by atoms with Crippen LogP contribution < -0.4 is 5.32 Å². The van der Waals surface area contributed by atoms with Crippen LogP contribution in [0.4, 0.5) is 0 Å². The van der Waals surface area contributed by atoms with E-state index in [0.29, 0.717) is 18.5 Å². The fraction of sp³-hybridized carbons (Fsp3) is 0.444. The maximum absolute atomic E-state index is 12.8. The largest absolute Gasteiger partial charge is 0.352 e. The molecule has 1 heterocycles. The predicted molar refractivity (Wildman–Crippen MR) is 92.1 cm³/mol. The summed E-state index contributed by atoms with van der Waals surface area (Å²) in [5.41, 5.74) is 0.930. The van der Waals surface area contributed by atoms with Crippen molar-refractivity contribution in [2.24, 2.45) is 5.92 Å². The lowest BCUT2D eigenvalue weighted by Gasteiger charge is -2.29. The molecule has 2 rings (SSSR count). The Hall–Kier alpha value is -2.14. The van der Waals surface area contributed by atoms with E-state index in [1.165, 1.54) is 0 Å². The van der Waals surface area contributed by atoms with Gasteiger partial charge in [0.15, 0.2) is 6.04 Å². The lowest BCUT2D eigenvalue weighted by molar-refractivity contribution is -0.123. The fourth-order valence-corrected chi connectivity index (χ4v) is 2.81. The van der Waals surface area contributed by atoms with Gasteiger partial charge in [0.25, 0.3) is 0 Å². The number of carbonyl (C=O) groups is 1. The first-order chi connectivity index (χ1) is 11.0. The Labute approximate surface area is 138 Å². The number of benzene rings is 1. The predicted octanol–water partition coefficient (Wildman–Crippen LogP) is 2.17. The van der Waals surface area contributed by atoms with Gasteiger partial charge in [-0.3, -0.25) is 9.48 Å². The molecule has 5 nitrogen and oxygen atoms in total. The standard InChI is InChI=1S/C18H26N4O/c1-14(2)16(21(3)4)13-19-18(23)17(22-12-8-11-20-22)15-9-6-5-7-10-15/h5-12,14,16-17H,13H2,1-4H3,(H,19,23)/t16-,17-/m1/s1. The number of carbonyl (C=O) groups excluding carboxylic acids is 1. The normalized spacial score (nSPS) is 14.0. The van der Waals surface area contributed by atoms with Crippen molar-refractivity contribution in [2.45, 2.75) is 25.9 Å². The highest BCUT2D eigenvalue weighted by Gasteiger charge is 2.24. The number of rotatable bonds is 7. The summed E-state index contributed by atoms with van der Waals surface area (Å²) in [7, 11) is 4.08. The van der Waals surface area contributed by atoms with Crippen molar-refractivity contribution in [3.05, 3.63) is 54.4 Å². The summed E-state index contributed by atoms with van der Waals surface area (Å²) in [6.07, 6.45) is 3.52. The third-order valence-electron chi connectivity index (χ3n) is 4.07. The zero-order valence-electron chi connectivity index (χ0n) is 14.3. The highest BCUT2D eigenvalue weighted by atomic mass is 16.2. The maximum Gasteiger partial charge on any atom is 0.249 e. The van der Waals surface area contributed by atoms with Crippen LogP contribution in [0.25, 0.3) is 0 Å². The van der Waals surface area contributed by atoms with Gasteiger partial charge in [0.05, 0.1) is 0 Å². The second-order valence-corrected chi connectivity index (χ2v) is 6.32. The van der Waals surface area contributed by atoms with Crippen LogP contribution in [0.3, 0.4) is 0 Å². The van der Waals surface area contributed by atoms with E-state index in [0.717, 1.165) is 5.56 Å². The summed E-state index contributed by atoms with van der Waals surface area (Å²) in [5.74, 6) is 0.428. The Morgan fingerprint density at radius 3 is 2.43 bits per heavy atom. The average molecular weight is 314 g/mol. The molecule has 1 aromatic heterocycles. The molecule has 2 aromatic rings. The van der Waals surface area contributed by atoms with Gasteiger partial charge in [-0.2, -0.15) is 5.10 Å². The molecule has 0 fully saturated rings. The minimum atomic E-state index is -0.443. The van der Waals surface area contributed by atoms with Crippen molar-refractivity contribution in [1.29, 1.82) is 0 Å². The topological polar surface area (TPSA) is 50.2 Å². The summed E-state index contributed by atoms with van der Waals surface area (Å²) in [6.45, 7) is 4.95. The number of nitrogens with one attached hydrogen (secondary N) is 1. The zero-order valence-corrected chi connectivity index (χ0v) is 14.3. The molecule has 1 amide bonds. The SMILES string of the molecule is CC(C)[C@@H](CNC(=O)[C@@H](c1ccccc1)n1cccn1)N(C)C. The summed E-state index contributed by atoms with van der Waals surface area (Å²) in [6, 6.07) is 11.4. The van der Waals surface area contributed by atoms with Gasteiger partial charge in [0.2, 0.25) is 5.91 Å². The minimum Gasteiger partial charge on any atom is -0.352 e. The van der Waals surface area contributed by atoms with Crippen molar-refractivity contribution < 1.29 is 4.79 Å². The van der Waals surface area contributed by atoms with Crippen LogP contribution in [0, 0.1) is 5.92 Å². The van der Waals surface area contributed by atoms with Crippen LogP contribution >= 0.6 is 0 Å². The molecule has 0 spiro atoms. The molecule has 0 saturated heterocycles. The van der Waals surface area contributed by atoms with Crippen molar-refractivity contribution in [3.63, 3.8) is 0 Å². The van der Waals surface area contributed by atoms with Gasteiger partial charge in [0.1, 0.15) is 0 Å². The summed E-state index contributed by atoms with van der Waals surface area (Å²) in [4.78, 5) is 15.0. The van der Waals surface area contributed by atoms with Crippen LogP contribution in [0.2, 0.25) is 0 Å². The molecule has 2 atom stereocenters. The Morgan fingerprint density at radius 1 is 1.22 bits per heavy atom. The monoisotopic (exact) mass is 314 g/mol. The summed E-state index contributed by atoms with van der Waals surface area (Å²) in [5, 5.41) is 7.35. The van der Waals surface area contributed by atoms with Gasteiger partial charge < -0.3 is 10.2 Å². The van der Waals surface area contributed by atoms with Crippen LogP contribution in [0.1, 0.15) is 25.5 Å². The van der Waals surface area contributed by atoms with Crippen LogP contribution in [-0.4, -0.2) is 47.3 Å². The number of aromatic nitrogens is 2. The number of likely N-dealkylation sites (N-methyl/N-ethyl adjacent to an activating group) is 1. The second-order valence-electron chi connectivity index (χ2n) is 6.32. The third kappa shape index (κ3) is 4.42. The third-order valence-corrected chi connectivity index (χ3v) is 4.07. The van der Waals surface area contributed by atoms with Gasteiger partial charge in [0, 0.05) is 25.0 Å². The molecule has 0 radical (unpaired) electrons. The molecule has 0 saturated carbocycles. The van der Waals surface area contributed by atoms with Gasteiger partial charge >= 0.3 is 0 Å². The van der Waals surface area contributed by atoms with Crippen LogP contribution in [0.5, 0.6) is 0 Å². The number of nitrogens with zero attached hydrogens (tertiary/aromatic N) is 3. The van der Waals surface area contributed by atoms with E-state index >= 15 is 0 Å². The van der Waals surface area contributed by atoms with Crippen molar-refractivity contribution in [2.75, 3.05) is 20.6 Å². The van der Waals surface area contributed by atoms with E-state index in [1.807, 2.05) is 56.7 Å². The number of hydrogen-bond donors (Lipinski definition) is 1. The molecule has 0 aliphatic heterocycles. The molecule has 0 aliphatic carbocycles. The van der Waals surface area contributed by atoms with Crippen molar-refractivity contribution in [1.82, 2.24) is 20.0 Å². The number of amides is 1. The molecular formula is C18H26N4O. The van der Waals surface area contributed by atoms with Crippen molar-refractivity contribution in [3.8, 4) is 0 Å². The number of hydrogen-bond acceptors (Lipinski definition) is 3. The van der Waals surface area contributed by atoms with E-state index in [2.05, 4.69) is 29.2 Å². The molecular weight excluding hydrogens is 288 g/mol. The molecule has 1 aromatic carbocycles. The molecule has 0 unspecified atom stereocenters. The lowest BCUT2D eigenvalue weighted by atomic mass is 10.0. The molecule has 23 heavy (non-hydrogen) atoms. The van der Waals surface area contributed by atoms with Gasteiger partial charge in [-0.05, 0) is 31.6 Å². The molecule has 1 N–H and O–H groups in total. The van der Waals surface area contributed by atoms with E-state index < -0.39 is 6.04 Å². The summed E-state index contributed by atoms with van der Waals surface area (Å²) < 4.78 is 1.70. The fourth-order valence-electron chi connectivity index (χ4n) is 2.81. The van der Waals surface area contributed by atoms with Crippen LogP contribution in [0.15, 0.2) is 48.8 Å². The molecule has 0 bridgehead atoms. The smallest absolute Gasteiger partial charge is 0.249 e. The van der Waals surface area contributed by atoms with Crippen LogP contribution in [-0.2, 0) is 4.79 Å². The van der Waals surface area contributed by atoms with E-state index in [-0.39, 0.29) is 5.91 Å². The zero-order chi connectivity index (χ0) is 16.8. The van der Waals surface area contributed by atoms with E-state index in [9.17, 15) is 4.79 Å². The Balaban J connectivity index is 2.15. The summed E-state index contributed by atoms with van der Waals surface area (Å²) >= 11 is 0. The first-order valence-electron chi connectivity index (χ1n) is 7.99. The Kier molecular flexibility index (Phi) is 5.93. The first kappa shape index (κ1) is 17.2. The average Bonchev–Trinajstić information content (AvgIpc) is 3.02. The lowest BCUT2D eigenvalue weighted by Crippen LogP contribution is -2.45. The second kappa shape index (κ2) is 7.92. The Morgan fingerprint density at radius 2 is 1.91 bits per heavy atom. The first-order valence-corrected chi connectivity index (χ1v) is 7.99. The maximum atomic E-state index is 12.8. The quantitative estimate of drug-likeness (QED) is 0.852. The highest BCUT2D eigenvalue weighted by molar-refractivity contribution is 5.83. The molecule has 5 heteroatoms. The van der Waals surface area contributed by atoms with E-state index in [1.54, 1.807) is 10.9 Å². The minimum absolute atomic E-state index is 0.0348. The Bertz CT molecular complexity index is 585. The van der Waals surface area contributed by atoms with Gasteiger partial charge in [-0.15, -0.1) is 0 Å².